The Kier molecular flexibility index (Phi) is 4.69. The number of hydrogen-bond acceptors (Lipinski definition) is 3. The summed E-state index contributed by atoms with van der Waals surface area (Å²) >= 11 is 12.3. The average Bonchev–Trinajstić information content (AvgIpc) is 3.01. The molecular weight excluding hydrogens is 309 g/mol. The van der Waals surface area contributed by atoms with Crippen LogP contribution in [0.1, 0.15) is 16.8 Å². The van der Waals surface area contributed by atoms with Gasteiger partial charge in [-0.3, -0.25) is 9.69 Å². The van der Waals surface area contributed by atoms with Crippen molar-refractivity contribution in [1.29, 1.82) is 0 Å². The SMILES string of the molecule is O=C(c1c(Cl)cccc1Cl)N1CCN(C2CCNC2)CC1. The smallest absolute Gasteiger partial charge is 0.256 e. The quantitative estimate of drug-likeness (QED) is 0.903. The predicted octanol–water partition coefficient (Wildman–Crippen LogP) is 2.11. The highest BCUT2D eigenvalue weighted by Crippen LogP contribution is 2.26. The summed E-state index contributed by atoms with van der Waals surface area (Å²) in [5.41, 5.74) is 0.428. The summed E-state index contributed by atoms with van der Waals surface area (Å²) in [4.78, 5) is 16.9. The second-order valence-electron chi connectivity index (χ2n) is 5.57. The molecule has 2 heterocycles. The van der Waals surface area contributed by atoms with Crippen LogP contribution in [0.4, 0.5) is 0 Å². The third kappa shape index (κ3) is 3.19. The molecule has 2 saturated heterocycles. The van der Waals surface area contributed by atoms with Gasteiger partial charge in [0.15, 0.2) is 0 Å². The van der Waals surface area contributed by atoms with Gasteiger partial charge in [-0.15, -0.1) is 0 Å². The number of nitrogens with one attached hydrogen (secondary N) is 1. The summed E-state index contributed by atoms with van der Waals surface area (Å²) in [7, 11) is 0. The summed E-state index contributed by atoms with van der Waals surface area (Å²) in [6.07, 6.45) is 1.20. The fourth-order valence-electron chi connectivity index (χ4n) is 3.10. The Labute approximate surface area is 135 Å². The van der Waals surface area contributed by atoms with Crippen molar-refractivity contribution in [3.05, 3.63) is 33.8 Å². The molecule has 2 aliphatic heterocycles. The number of nitrogens with zero attached hydrogens (tertiary/aromatic N) is 2. The summed E-state index contributed by atoms with van der Waals surface area (Å²) in [5, 5.41) is 4.24. The molecule has 1 unspecified atom stereocenters. The van der Waals surface area contributed by atoms with E-state index in [0.717, 1.165) is 39.3 Å². The molecule has 2 aliphatic rings. The van der Waals surface area contributed by atoms with E-state index >= 15 is 0 Å². The van der Waals surface area contributed by atoms with E-state index < -0.39 is 0 Å². The first-order valence-corrected chi connectivity index (χ1v) is 8.10. The molecule has 0 spiro atoms. The molecular formula is C15H19Cl2N3O. The first-order valence-electron chi connectivity index (χ1n) is 7.35. The van der Waals surface area contributed by atoms with Gasteiger partial charge >= 0.3 is 0 Å². The molecule has 0 aromatic heterocycles. The van der Waals surface area contributed by atoms with Crippen LogP contribution in [0.2, 0.25) is 10.0 Å². The van der Waals surface area contributed by atoms with E-state index in [1.165, 1.54) is 6.42 Å². The molecule has 1 atom stereocenters. The van der Waals surface area contributed by atoms with Gasteiger partial charge in [0.2, 0.25) is 0 Å². The number of amides is 1. The molecule has 0 saturated carbocycles. The maximum absolute atomic E-state index is 12.6. The number of benzene rings is 1. The Hall–Kier alpha value is -0.810. The number of hydrogen-bond donors (Lipinski definition) is 1. The fraction of sp³-hybridized carbons (Fsp3) is 0.533. The molecule has 2 fully saturated rings. The molecule has 0 aliphatic carbocycles. The zero-order valence-electron chi connectivity index (χ0n) is 11.8. The van der Waals surface area contributed by atoms with E-state index in [1.54, 1.807) is 18.2 Å². The van der Waals surface area contributed by atoms with E-state index in [0.29, 0.717) is 21.7 Å². The molecule has 6 heteroatoms. The highest BCUT2D eigenvalue weighted by molar-refractivity contribution is 6.39. The van der Waals surface area contributed by atoms with Gasteiger partial charge in [-0.25, -0.2) is 0 Å². The van der Waals surface area contributed by atoms with Crippen LogP contribution in [0.15, 0.2) is 18.2 Å². The number of piperazine rings is 1. The maximum atomic E-state index is 12.6. The van der Waals surface area contributed by atoms with E-state index in [2.05, 4.69) is 10.2 Å². The number of carbonyl (C=O) groups excluding carboxylic acids is 1. The second kappa shape index (κ2) is 6.53. The normalized spacial score (nSPS) is 23.5. The standard InChI is InChI=1S/C15H19Cl2N3O/c16-12-2-1-3-13(17)14(12)15(21)20-8-6-19(7-9-20)11-4-5-18-10-11/h1-3,11,18H,4-10H2. The Morgan fingerprint density at radius 2 is 1.81 bits per heavy atom. The van der Waals surface area contributed by atoms with Crippen molar-refractivity contribution < 1.29 is 4.79 Å². The third-order valence-corrected chi connectivity index (χ3v) is 4.96. The van der Waals surface area contributed by atoms with Crippen molar-refractivity contribution in [1.82, 2.24) is 15.1 Å². The Bertz CT molecular complexity index is 503. The fourth-order valence-corrected chi connectivity index (χ4v) is 3.66. The Balaban J connectivity index is 1.65. The molecule has 1 amide bonds. The third-order valence-electron chi connectivity index (χ3n) is 4.33. The summed E-state index contributed by atoms with van der Waals surface area (Å²) in [6, 6.07) is 5.79. The molecule has 1 aromatic rings. The monoisotopic (exact) mass is 327 g/mol. The van der Waals surface area contributed by atoms with Gasteiger partial charge in [0, 0.05) is 38.8 Å². The van der Waals surface area contributed by atoms with E-state index in [-0.39, 0.29) is 5.91 Å². The summed E-state index contributed by atoms with van der Waals surface area (Å²) in [5.74, 6) is -0.0604. The van der Waals surface area contributed by atoms with Crippen molar-refractivity contribution in [2.24, 2.45) is 0 Å². The lowest BCUT2D eigenvalue weighted by atomic mass is 10.1. The summed E-state index contributed by atoms with van der Waals surface area (Å²) < 4.78 is 0. The average molecular weight is 328 g/mol. The molecule has 21 heavy (non-hydrogen) atoms. The maximum Gasteiger partial charge on any atom is 0.256 e. The molecule has 0 radical (unpaired) electrons. The van der Waals surface area contributed by atoms with Gasteiger partial charge in [0.25, 0.3) is 5.91 Å². The van der Waals surface area contributed by atoms with Gasteiger partial charge in [-0.2, -0.15) is 0 Å². The Morgan fingerprint density at radius 1 is 1.14 bits per heavy atom. The van der Waals surface area contributed by atoms with Crippen LogP contribution in [0, 0.1) is 0 Å². The van der Waals surface area contributed by atoms with Gasteiger partial charge < -0.3 is 10.2 Å². The molecule has 1 N–H and O–H groups in total. The minimum absolute atomic E-state index is 0.0604. The lowest BCUT2D eigenvalue weighted by Crippen LogP contribution is -2.52. The van der Waals surface area contributed by atoms with Crippen LogP contribution in [0.5, 0.6) is 0 Å². The molecule has 114 valence electrons. The number of rotatable bonds is 2. The Morgan fingerprint density at radius 3 is 2.38 bits per heavy atom. The molecule has 3 rings (SSSR count). The van der Waals surface area contributed by atoms with Gasteiger partial charge in [-0.1, -0.05) is 29.3 Å². The van der Waals surface area contributed by atoms with Crippen molar-refractivity contribution in [2.75, 3.05) is 39.3 Å². The first-order chi connectivity index (χ1) is 10.2. The molecule has 4 nitrogen and oxygen atoms in total. The lowest BCUT2D eigenvalue weighted by Gasteiger charge is -2.38. The van der Waals surface area contributed by atoms with Crippen LogP contribution < -0.4 is 5.32 Å². The first kappa shape index (κ1) is 15.1. The highest BCUT2D eigenvalue weighted by atomic mass is 35.5. The highest BCUT2D eigenvalue weighted by Gasteiger charge is 2.29. The minimum Gasteiger partial charge on any atom is -0.336 e. The van der Waals surface area contributed by atoms with Crippen LogP contribution in [-0.4, -0.2) is 61.0 Å². The van der Waals surface area contributed by atoms with E-state index in [4.69, 9.17) is 23.2 Å². The van der Waals surface area contributed by atoms with Crippen molar-refractivity contribution in [3.8, 4) is 0 Å². The van der Waals surface area contributed by atoms with Crippen molar-refractivity contribution in [3.63, 3.8) is 0 Å². The number of carbonyl (C=O) groups is 1. The predicted molar refractivity (Wildman–Crippen MR) is 85.2 cm³/mol. The van der Waals surface area contributed by atoms with Gasteiger partial charge in [0.1, 0.15) is 0 Å². The van der Waals surface area contributed by atoms with Crippen LogP contribution in [-0.2, 0) is 0 Å². The van der Waals surface area contributed by atoms with Crippen LogP contribution >= 0.6 is 23.2 Å². The van der Waals surface area contributed by atoms with Crippen molar-refractivity contribution in [2.45, 2.75) is 12.5 Å². The molecule has 0 bridgehead atoms. The lowest BCUT2D eigenvalue weighted by molar-refractivity contribution is 0.0584. The van der Waals surface area contributed by atoms with E-state index in [9.17, 15) is 4.79 Å². The molecule has 1 aromatic carbocycles. The second-order valence-corrected chi connectivity index (χ2v) is 6.39. The zero-order chi connectivity index (χ0) is 14.8. The van der Waals surface area contributed by atoms with Gasteiger partial charge in [-0.05, 0) is 25.1 Å². The van der Waals surface area contributed by atoms with Crippen molar-refractivity contribution >= 4 is 29.1 Å². The topological polar surface area (TPSA) is 35.6 Å². The van der Waals surface area contributed by atoms with Crippen LogP contribution in [0.3, 0.4) is 0 Å². The minimum atomic E-state index is -0.0604. The van der Waals surface area contributed by atoms with Gasteiger partial charge in [0.05, 0.1) is 15.6 Å². The zero-order valence-corrected chi connectivity index (χ0v) is 13.3. The van der Waals surface area contributed by atoms with Crippen LogP contribution in [0.25, 0.3) is 0 Å². The largest absolute Gasteiger partial charge is 0.336 e. The number of halogens is 2. The van der Waals surface area contributed by atoms with E-state index in [1.807, 2.05) is 4.90 Å². The summed E-state index contributed by atoms with van der Waals surface area (Å²) in [6.45, 7) is 5.46.